The van der Waals surface area contributed by atoms with Gasteiger partial charge in [-0.1, -0.05) is 11.6 Å². The Morgan fingerprint density at radius 2 is 1.68 bits per heavy atom. The van der Waals surface area contributed by atoms with Crippen molar-refractivity contribution in [3.05, 3.63) is 57.0 Å². The van der Waals surface area contributed by atoms with Crippen LogP contribution in [0, 0.1) is 30.1 Å². The fourth-order valence-corrected chi connectivity index (χ4v) is 6.46. The van der Waals surface area contributed by atoms with Crippen molar-refractivity contribution >= 4 is 23.4 Å². The maximum atomic E-state index is 13.1. The van der Waals surface area contributed by atoms with Gasteiger partial charge in [-0.25, -0.2) is 9.48 Å². The van der Waals surface area contributed by atoms with Gasteiger partial charge in [-0.2, -0.15) is 5.10 Å². The van der Waals surface area contributed by atoms with E-state index in [9.17, 15) is 14.4 Å². The average Bonchev–Trinajstić information content (AvgIpc) is 2.72. The second kappa shape index (κ2) is 7.59. The number of carbonyl (C=O) groups excluding carboxylic acids is 2. The molecule has 4 aliphatic carbocycles. The van der Waals surface area contributed by atoms with Crippen molar-refractivity contribution in [2.75, 3.05) is 6.61 Å². The SMILES string of the molecule is Cc1cc(=O)c(C(=O)OCC(=O)C23CC4CC(CC(C4)C2)C3)nn1-c1ccc(Cl)cc1. The van der Waals surface area contributed by atoms with Crippen LogP contribution < -0.4 is 5.43 Å². The number of benzene rings is 1. The van der Waals surface area contributed by atoms with Crippen molar-refractivity contribution in [3.63, 3.8) is 0 Å². The van der Waals surface area contributed by atoms with E-state index in [1.165, 1.54) is 30.0 Å². The maximum absolute atomic E-state index is 13.1. The van der Waals surface area contributed by atoms with E-state index in [1.807, 2.05) is 0 Å². The summed E-state index contributed by atoms with van der Waals surface area (Å²) >= 11 is 5.94. The van der Waals surface area contributed by atoms with Crippen molar-refractivity contribution < 1.29 is 14.3 Å². The second-order valence-corrected chi connectivity index (χ2v) is 10.0. The van der Waals surface area contributed by atoms with Gasteiger partial charge in [0.25, 0.3) is 0 Å². The van der Waals surface area contributed by atoms with Crippen LogP contribution in [0.15, 0.2) is 35.1 Å². The largest absolute Gasteiger partial charge is 0.453 e. The number of ketones is 1. The normalized spacial score (nSPS) is 28.5. The molecule has 1 heterocycles. The minimum atomic E-state index is -0.856. The molecule has 6 nitrogen and oxygen atoms in total. The van der Waals surface area contributed by atoms with Gasteiger partial charge >= 0.3 is 5.97 Å². The molecule has 4 saturated carbocycles. The van der Waals surface area contributed by atoms with Crippen LogP contribution in [-0.2, 0) is 9.53 Å². The molecular formula is C24H25ClN2O4. The monoisotopic (exact) mass is 440 g/mol. The molecule has 31 heavy (non-hydrogen) atoms. The zero-order chi connectivity index (χ0) is 21.8. The minimum Gasteiger partial charge on any atom is -0.453 e. The number of carbonyl (C=O) groups is 2. The molecule has 0 spiro atoms. The molecule has 1 aromatic heterocycles. The Morgan fingerprint density at radius 3 is 2.26 bits per heavy atom. The molecule has 7 heteroatoms. The predicted molar refractivity (Wildman–Crippen MR) is 115 cm³/mol. The van der Waals surface area contributed by atoms with E-state index < -0.39 is 11.4 Å². The van der Waals surface area contributed by atoms with Crippen molar-refractivity contribution in [1.82, 2.24) is 9.78 Å². The van der Waals surface area contributed by atoms with Crippen LogP contribution in [-0.4, -0.2) is 28.1 Å². The van der Waals surface area contributed by atoms with Crippen LogP contribution in [0.25, 0.3) is 5.69 Å². The fourth-order valence-electron chi connectivity index (χ4n) is 6.34. The Bertz CT molecular complexity index is 1070. The van der Waals surface area contributed by atoms with Crippen LogP contribution in [0.2, 0.25) is 5.02 Å². The molecule has 4 fully saturated rings. The predicted octanol–water partition coefficient (Wildman–Crippen LogP) is 4.14. The van der Waals surface area contributed by atoms with Gasteiger partial charge in [-0.3, -0.25) is 9.59 Å². The van der Waals surface area contributed by atoms with E-state index in [1.54, 1.807) is 31.2 Å². The van der Waals surface area contributed by atoms with Gasteiger partial charge in [0.1, 0.15) is 0 Å². The number of rotatable bonds is 5. The molecule has 0 atom stereocenters. The van der Waals surface area contributed by atoms with E-state index in [4.69, 9.17) is 16.3 Å². The van der Waals surface area contributed by atoms with Gasteiger partial charge in [0.15, 0.2) is 12.4 Å². The molecule has 2 aromatic rings. The highest BCUT2D eigenvalue weighted by molar-refractivity contribution is 6.30. The summed E-state index contributed by atoms with van der Waals surface area (Å²) < 4.78 is 6.82. The third-order valence-electron chi connectivity index (χ3n) is 7.34. The van der Waals surface area contributed by atoms with E-state index in [2.05, 4.69) is 5.10 Å². The summed E-state index contributed by atoms with van der Waals surface area (Å²) in [5.74, 6) is 1.06. The summed E-state index contributed by atoms with van der Waals surface area (Å²) in [6.07, 6.45) is 6.47. The molecule has 1 aromatic carbocycles. The van der Waals surface area contributed by atoms with Gasteiger partial charge in [-0.15, -0.1) is 0 Å². The number of halogens is 1. The molecular weight excluding hydrogens is 416 g/mol. The quantitative estimate of drug-likeness (QED) is 0.653. The number of ether oxygens (including phenoxy) is 1. The van der Waals surface area contributed by atoms with Crippen LogP contribution in [0.5, 0.6) is 0 Å². The number of Topliss-reactive ketones (excluding diaryl/α,β-unsaturated/α-hetero) is 1. The summed E-state index contributed by atoms with van der Waals surface area (Å²) in [5.41, 5.74) is 0.0714. The Labute approximate surface area is 185 Å². The first-order valence-electron chi connectivity index (χ1n) is 10.9. The lowest BCUT2D eigenvalue weighted by atomic mass is 9.48. The minimum absolute atomic E-state index is 0.00471. The van der Waals surface area contributed by atoms with Crippen LogP contribution in [0.3, 0.4) is 0 Å². The summed E-state index contributed by atoms with van der Waals surface area (Å²) in [4.78, 5) is 38.2. The third kappa shape index (κ3) is 3.71. The average molecular weight is 441 g/mol. The standard InChI is InChI=1S/C24H25ClN2O4/c1-14-6-20(28)22(26-27(14)19-4-2-18(25)3-5-19)23(30)31-13-21(29)24-10-15-7-16(11-24)9-17(8-15)12-24/h2-6,15-17H,7-13H2,1H3. The topological polar surface area (TPSA) is 78.3 Å². The number of esters is 1. The first-order valence-corrected chi connectivity index (χ1v) is 11.3. The molecule has 0 unspecified atom stereocenters. The van der Waals surface area contributed by atoms with Crippen molar-refractivity contribution in [2.45, 2.75) is 45.4 Å². The van der Waals surface area contributed by atoms with Crippen LogP contribution >= 0.6 is 11.6 Å². The highest BCUT2D eigenvalue weighted by atomic mass is 35.5. The molecule has 4 aliphatic rings. The van der Waals surface area contributed by atoms with E-state index in [0.717, 1.165) is 19.3 Å². The van der Waals surface area contributed by atoms with Gasteiger partial charge in [-0.05, 0) is 87.5 Å². The molecule has 0 radical (unpaired) electrons. The first kappa shape index (κ1) is 20.4. The molecule has 4 bridgehead atoms. The lowest BCUT2D eigenvalue weighted by molar-refractivity contribution is -0.147. The molecule has 0 aliphatic heterocycles. The van der Waals surface area contributed by atoms with Crippen molar-refractivity contribution in [3.8, 4) is 5.69 Å². The zero-order valence-corrected chi connectivity index (χ0v) is 18.2. The number of hydrogen-bond acceptors (Lipinski definition) is 5. The highest BCUT2D eigenvalue weighted by Gasteiger charge is 2.54. The molecule has 6 rings (SSSR count). The van der Waals surface area contributed by atoms with Gasteiger partial charge < -0.3 is 4.74 Å². The van der Waals surface area contributed by atoms with Crippen LogP contribution in [0.4, 0.5) is 0 Å². The Morgan fingerprint density at radius 1 is 1.10 bits per heavy atom. The number of nitrogens with zero attached hydrogens (tertiary/aromatic N) is 2. The second-order valence-electron chi connectivity index (χ2n) is 9.58. The van der Waals surface area contributed by atoms with Gasteiger partial charge in [0.2, 0.25) is 11.1 Å². The smallest absolute Gasteiger partial charge is 0.363 e. The fraction of sp³-hybridized carbons (Fsp3) is 0.500. The Kier molecular flexibility index (Phi) is 5.00. The molecule has 0 N–H and O–H groups in total. The van der Waals surface area contributed by atoms with E-state index >= 15 is 0 Å². The Hall–Kier alpha value is -2.47. The van der Waals surface area contributed by atoms with E-state index in [-0.39, 0.29) is 23.5 Å². The molecule has 0 amide bonds. The van der Waals surface area contributed by atoms with Crippen molar-refractivity contribution in [2.24, 2.45) is 23.2 Å². The maximum Gasteiger partial charge on any atom is 0.363 e. The number of hydrogen-bond donors (Lipinski definition) is 0. The third-order valence-corrected chi connectivity index (χ3v) is 7.59. The summed E-state index contributed by atoms with van der Waals surface area (Å²) in [6.45, 7) is 1.44. The van der Waals surface area contributed by atoms with Crippen molar-refractivity contribution in [1.29, 1.82) is 0 Å². The summed E-state index contributed by atoms with van der Waals surface area (Å²) in [7, 11) is 0. The zero-order valence-electron chi connectivity index (χ0n) is 17.5. The first-order chi connectivity index (χ1) is 14.8. The molecule has 162 valence electrons. The summed E-state index contributed by atoms with van der Waals surface area (Å²) in [6, 6.07) is 8.26. The number of aromatic nitrogens is 2. The summed E-state index contributed by atoms with van der Waals surface area (Å²) in [5, 5.41) is 4.79. The molecule has 0 saturated heterocycles. The highest BCUT2D eigenvalue weighted by Crippen LogP contribution is 2.60. The lowest BCUT2D eigenvalue weighted by Crippen LogP contribution is -2.51. The lowest BCUT2D eigenvalue weighted by Gasteiger charge is -2.55. The number of aryl methyl sites for hydroxylation is 1. The van der Waals surface area contributed by atoms with Crippen LogP contribution in [0.1, 0.15) is 54.7 Å². The van der Waals surface area contributed by atoms with Gasteiger partial charge in [0.05, 0.1) is 5.69 Å². The van der Waals surface area contributed by atoms with E-state index in [0.29, 0.717) is 34.2 Å². The Balaban J connectivity index is 1.33. The van der Waals surface area contributed by atoms with Gasteiger partial charge in [0, 0.05) is 22.2 Å².